The van der Waals surface area contributed by atoms with Gasteiger partial charge < -0.3 is 10.4 Å². The Kier molecular flexibility index (Phi) is 5.77. The van der Waals surface area contributed by atoms with Gasteiger partial charge in [-0.2, -0.15) is 0 Å². The Morgan fingerprint density at radius 2 is 1.81 bits per heavy atom. The number of aliphatic hydroxyl groups is 1. The molecule has 0 spiro atoms. The molecule has 0 radical (unpaired) electrons. The van der Waals surface area contributed by atoms with Gasteiger partial charge in [-0.25, -0.2) is 0 Å². The zero-order valence-electron chi connectivity index (χ0n) is 11.3. The van der Waals surface area contributed by atoms with Crippen LogP contribution in [0.15, 0.2) is 0 Å². The Labute approximate surface area is 101 Å². The highest BCUT2D eigenvalue weighted by Gasteiger charge is 2.19. The van der Waals surface area contributed by atoms with Crippen LogP contribution < -0.4 is 5.32 Å². The minimum Gasteiger partial charge on any atom is -0.395 e. The van der Waals surface area contributed by atoms with Crippen molar-refractivity contribution in [3.05, 3.63) is 0 Å². The molecule has 1 fully saturated rings. The molecule has 1 aliphatic carbocycles. The molecule has 0 saturated heterocycles. The van der Waals surface area contributed by atoms with Crippen LogP contribution in [-0.4, -0.2) is 24.3 Å². The van der Waals surface area contributed by atoms with E-state index in [0.717, 1.165) is 18.9 Å². The van der Waals surface area contributed by atoms with Crippen LogP contribution in [-0.2, 0) is 0 Å². The quantitative estimate of drug-likeness (QED) is 0.757. The number of hydrogen-bond acceptors (Lipinski definition) is 2. The molecule has 0 heterocycles. The highest BCUT2D eigenvalue weighted by atomic mass is 16.3. The Hall–Kier alpha value is -0.0800. The fourth-order valence-electron chi connectivity index (χ4n) is 2.67. The maximum absolute atomic E-state index is 9.36. The molecular weight excluding hydrogens is 198 g/mol. The maximum Gasteiger partial charge on any atom is 0.0584 e. The van der Waals surface area contributed by atoms with Gasteiger partial charge >= 0.3 is 0 Å². The Balaban J connectivity index is 2.22. The van der Waals surface area contributed by atoms with Crippen molar-refractivity contribution in [3.63, 3.8) is 0 Å². The van der Waals surface area contributed by atoms with E-state index in [-0.39, 0.29) is 12.6 Å². The second-order valence-electron chi connectivity index (χ2n) is 6.56. The van der Waals surface area contributed by atoms with Gasteiger partial charge in [-0.3, -0.25) is 0 Å². The molecule has 1 aliphatic rings. The van der Waals surface area contributed by atoms with E-state index >= 15 is 0 Å². The standard InChI is InChI=1S/C14H29NO/c1-14(2,3)9-13(11-16)15-10-12-7-5-4-6-8-12/h12-13,15-16H,4-11H2,1-3H3. The summed E-state index contributed by atoms with van der Waals surface area (Å²) in [7, 11) is 0. The normalized spacial score (nSPS) is 21.0. The van der Waals surface area contributed by atoms with Crippen LogP contribution in [0.25, 0.3) is 0 Å². The molecule has 16 heavy (non-hydrogen) atoms. The molecule has 96 valence electrons. The average Bonchev–Trinajstić information content (AvgIpc) is 2.24. The van der Waals surface area contributed by atoms with E-state index < -0.39 is 0 Å². The van der Waals surface area contributed by atoms with Crippen molar-refractivity contribution < 1.29 is 5.11 Å². The molecule has 0 aliphatic heterocycles. The molecule has 2 heteroatoms. The van der Waals surface area contributed by atoms with Gasteiger partial charge in [-0.15, -0.1) is 0 Å². The van der Waals surface area contributed by atoms with Gasteiger partial charge in [0.1, 0.15) is 0 Å². The van der Waals surface area contributed by atoms with Crippen LogP contribution in [0.1, 0.15) is 59.3 Å². The third-order valence-corrected chi connectivity index (χ3v) is 3.50. The molecule has 2 N–H and O–H groups in total. The lowest BCUT2D eigenvalue weighted by atomic mass is 9.87. The fraction of sp³-hybridized carbons (Fsp3) is 1.00. The summed E-state index contributed by atoms with van der Waals surface area (Å²) in [6.45, 7) is 8.07. The summed E-state index contributed by atoms with van der Waals surface area (Å²) in [6, 6.07) is 0.280. The number of hydrogen-bond donors (Lipinski definition) is 2. The molecule has 0 bridgehead atoms. The molecule has 0 aromatic carbocycles. The van der Waals surface area contributed by atoms with E-state index in [0.29, 0.717) is 5.41 Å². The minimum absolute atomic E-state index is 0.268. The first-order valence-corrected chi connectivity index (χ1v) is 6.85. The molecule has 2 nitrogen and oxygen atoms in total. The van der Waals surface area contributed by atoms with Crippen LogP contribution in [0, 0.1) is 11.3 Å². The summed E-state index contributed by atoms with van der Waals surface area (Å²) in [5, 5.41) is 12.9. The lowest BCUT2D eigenvalue weighted by molar-refractivity contribution is 0.189. The molecule has 1 saturated carbocycles. The van der Waals surface area contributed by atoms with Gasteiger partial charge in [-0.1, -0.05) is 40.0 Å². The summed E-state index contributed by atoms with van der Waals surface area (Å²) < 4.78 is 0. The molecular formula is C14H29NO. The molecule has 1 unspecified atom stereocenters. The largest absolute Gasteiger partial charge is 0.395 e. The zero-order chi connectivity index (χ0) is 12.0. The summed E-state index contributed by atoms with van der Waals surface area (Å²) in [6.07, 6.45) is 8.02. The summed E-state index contributed by atoms with van der Waals surface area (Å²) >= 11 is 0. The van der Waals surface area contributed by atoms with E-state index in [1.807, 2.05) is 0 Å². The fourth-order valence-corrected chi connectivity index (χ4v) is 2.67. The molecule has 0 aromatic rings. The SMILES string of the molecule is CC(C)(C)CC(CO)NCC1CCCCC1. The van der Waals surface area contributed by atoms with Gasteiger partial charge in [0.05, 0.1) is 6.61 Å². The zero-order valence-corrected chi connectivity index (χ0v) is 11.3. The van der Waals surface area contributed by atoms with Crippen molar-refractivity contribution in [1.29, 1.82) is 0 Å². The monoisotopic (exact) mass is 227 g/mol. The minimum atomic E-state index is 0.268. The predicted octanol–water partition coefficient (Wildman–Crippen LogP) is 2.95. The van der Waals surface area contributed by atoms with Crippen LogP contribution in [0.4, 0.5) is 0 Å². The summed E-state index contributed by atoms with van der Waals surface area (Å²) in [4.78, 5) is 0. The van der Waals surface area contributed by atoms with Crippen molar-refractivity contribution in [3.8, 4) is 0 Å². The van der Waals surface area contributed by atoms with Gasteiger partial charge in [-0.05, 0) is 37.1 Å². The predicted molar refractivity (Wildman–Crippen MR) is 69.5 cm³/mol. The third-order valence-electron chi connectivity index (χ3n) is 3.50. The smallest absolute Gasteiger partial charge is 0.0584 e. The van der Waals surface area contributed by atoms with E-state index in [1.54, 1.807) is 0 Å². The van der Waals surface area contributed by atoms with Gasteiger partial charge in [0.15, 0.2) is 0 Å². The van der Waals surface area contributed by atoms with Gasteiger partial charge in [0, 0.05) is 6.04 Å². The van der Waals surface area contributed by atoms with Crippen molar-refractivity contribution in [2.45, 2.75) is 65.3 Å². The van der Waals surface area contributed by atoms with E-state index in [9.17, 15) is 5.11 Å². The first kappa shape index (κ1) is 14.0. The van der Waals surface area contributed by atoms with E-state index in [1.165, 1.54) is 32.1 Å². The highest BCUT2D eigenvalue weighted by molar-refractivity contribution is 4.76. The maximum atomic E-state index is 9.36. The van der Waals surface area contributed by atoms with Crippen LogP contribution >= 0.6 is 0 Å². The van der Waals surface area contributed by atoms with Gasteiger partial charge in [0.25, 0.3) is 0 Å². The van der Waals surface area contributed by atoms with Gasteiger partial charge in [0.2, 0.25) is 0 Å². The summed E-state index contributed by atoms with van der Waals surface area (Å²) in [5.74, 6) is 0.850. The van der Waals surface area contributed by atoms with Crippen molar-refractivity contribution in [1.82, 2.24) is 5.32 Å². The highest BCUT2D eigenvalue weighted by Crippen LogP contribution is 2.24. The first-order valence-electron chi connectivity index (χ1n) is 6.85. The third kappa shape index (κ3) is 5.86. The van der Waals surface area contributed by atoms with Crippen molar-refractivity contribution in [2.24, 2.45) is 11.3 Å². The lowest BCUT2D eigenvalue weighted by Crippen LogP contribution is -2.39. The second-order valence-corrected chi connectivity index (χ2v) is 6.56. The molecule has 0 amide bonds. The number of rotatable bonds is 5. The number of nitrogens with one attached hydrogen (secondary N) is 1. The number of aliphatic hydroxyl groups excluding tert-OH is 1. The Morgan fingerprint density at radius 1 is 1.19 bits per heavy atom. The average molecular weight is 227 g/mol. The van der Waals surface area contributed by atoms with Crippen LogP contribution in [0.3, 0.4) is 0 Å². The molecule has 1 atom stereocenters. The molecule has 1 rings (SSSR count). The lowest BCUT2D eigenvalue weighted by Gasteiger charge is -2.28. The first-order chi connectivity index (χ1) is 7.51. The molecule has 0 aromatic heterocycles. The van der Waals surface area contributed by atoms with Crippen LogP contribution in [0.2, 0.25) is 0 Å². The van der Waals surface area contributed by atoms with Crippen molar-refractivity contribution >= 4 is 0 Å². The Bertz CT molecular complexity index is 180. The topological polar surface area (TPSA) is 32.3 Å². The van der Waals surface area contributed by atoms with E-state index in [2.05, 4.69) is 26.1 Å². The van der Waals surface area contributed by atoms with Crippen molar-refractivity contribution in [2.75, 3.05) is 13.2 Å². The van der Waals surface area contributed by atoms with E-state index in [4.69, 9.17) is 0 Å². The summed E-state index contributed by atoms with van der Waals surface area (Å²) in [5.41, 5.74) is 0.299. The Morgan fingerprint density at radius 3 is 2.31 bits per heavy atom. The van der Waals surface area contributed by atoms with Crippen LogP contribution in [0.5, 0.6) is 0 Å². The second kappa shape index (κ2) is 6.61.